The molecule has 0 radical (unpaired) electrons. The molecule has 2 aliphatic rings. The Balaban J connectivity index is 0.00000133. The summed E-state index contributed by atoms with van der Waals surface area (Å²) in [5.41, 5.74) is 6.03. The molecule has 0 spiro atoms. The Morgan fingerprint density at radius 3 is 2.44 bits per heavy atom. The average molecular weight is 709 g/mol. The number of benzene rings is 2. The van der Waals surface area contributed by atoms with E-state index in [0.29, 0.717) is 25.2 Å². The van der Waals surface area contributed by atoms with Gasteiger partial charge in [-0.2, -0.15) is 4.72 Å². The van der Waals surface area contributed by atoms with Crippen molar-refractivity contribution in [2.75, 3.05) is 32.7 Å². The molecule has 3 amide bonds. The van der Waals surface area contributed by atoms with E-state index in [1.807, 2.05) is 18.2 Å². The largest absolute Gasteiger partial charge is 0.481 e. The standard InChI is InChI=1S/C32H40N8O5S.C2H4O2/c33-32(34)39-15-4-5-22(21-39)19-37-29(41)18-28(38-46(44,45)27-12-9-23-6-1-2-7-24(23)17-27)31(43)40(26-10-11-26)16-14-36-30(42)25-8-3-13-35-20-25;1-2(3)4/h1-3,6-9,12-13,17,20,22,26,28,38H,4-5,10-11,14-16,18-19,21H2,(H3,33,34)(H,36,42)(H,37,41);1H3,(H,3,4)/t22-,28-;/m0./s1. The van der Waals surface area contributed by atoms with Gasteiger partial charge in [0.1, 0.15) is 6.04 Å². The lowest BCUT2D eigenvalue weighted by atomic mass is 9.98. The number of nitrogens with one attached hydrogen (secondary N) is 4. The second kappa shape index (κ2) is 17.5. The number of hydrogen-bond donors (Lipinski definition) is 6. The number of nitrogens with two attached hydrogens (primary N) is 1. The van der Waals surface area contributed by atoms with E-state index in [-0.39, 0.29) is 41.8 Å². The molecule has 1 saturated carbocycles. The molecular weight excluding hydrogens is 664 g/mol. The van der Waals surface area contributed by atoms with E-state index in [9.17, 15) is 22.8 Å². The van der Waals surface area contributed by atoms with Gasteiger partial charge in [-0.15, -0.1) is 0 Å². The smallest absolute Gasteiger partial charge is 0.300 e. The summed E-state index contributed by atoms with van der Waals surface area (Å²) in [6, 6.07) is 13.9. The number of amides is 3. The molecule has 3 aromatic rings. The van der Waals surface area contributed by atoms with Crippen LogP contribution in [0, 0.1) is 11.3 Å². The molecule has 1 saturated heterocycles. The van der Waals surface area contributed by atoms with Crippen LogP contribution in [0.5, 0.6) is 0 Å². The molecule has 50 heavy (non-hydrogen) atoms. The monoisotopic (exact) mass is 708 g/mol. The van der Waals surface area contributed by atoms with Crippen LogP contribution in [0.25, 0.3) is 10.8 Å². The number of nitrogens with zero attached hydrogens (tertiary/aromatic N) is 3. The Morgan fingerprint density at radius 1 is 1.06 bits per heavy atom. The number of guanidine groups is 1. The van der Waals surface area contributed by atoms with Crippen LogP contribution in [0.2, 0.25) is 0 Å². The molecule has 0 unspecified atom stereocenters. The first-order valence-corrected chi connectivity index (χ1v) is 17.9. The summed E-state index contributed by atoms with van der Waals surface area (Å²) in [4.78, 5) is 56.0. The van der Waals surface area contributed by atoms with Crippen molar-refractivity contribution < 1.29 is 32.7 Å². The third-order valence-corrected chi connectivity index (χ3v) is 9.77. The number of aromatic nitrogens is 1. The van der Waals surface area contributed by atoms with Gasteiger partial charge in [0.25, 0.3) is 11.9 Å². The van der Waals surface area contributed by atoms with Crippen molar-refractivity contribution >= 4 is 50.4 Å². The van der Waals surface area contributed by atoms with Gasteiger partial charge in [-0.1, -0.05) is 30.3 Å². The zero-order valence-corrected chi connectivity index (χ0v) is 28.7. The van der Waals surface area contributed by atoms with Gasteiger partial charge < -0.3 is 31.3 Å². The molecule has 2 atom stereocenters. The maximum Gasteiger partial charge on any atom is 0.300 e. The molecular formula is C34H44N8O7S. The molecule has 5 rings (SSSR count). The lowest BCUT2D eigenvalue weighted by Crippen LogP contribution is -2.53. The van der Waals surface area contributed by atoms with Crippen LogP contribution in [0.4, 0.5) is 0 Å². The van der Waals surface area contributed by atoms with E-state index < -0.39 is 40.3 Å². The van der Waals surface area contributed by atoms with Crippen LogP contribution < -0.4 is 21.1 Å². The van der Waals surface area contributed by atoms with Gasteiger partial charge in [0.05, 0.1) is 16.9 Å². The van der Waals surface area contributed by atoms with Gasteiger partial charge >= 0.3 is 0 Å². The summed E-state index contributed by atoms with van der Waals surface area (Å²) in [6.07, 6.45) is 5.78. The molecule has 2 heterocycles. The van der Waals surface area contributed by atoms with Crippen LogP contribution >= 0.6 is 0 Å². The maximum absolute atomic E-state index is 14.0. The summed E-state index contributed by atoms with van der Waals surface area (Å²) >= 11 is 0. The third-order valence-electron chi connectivity index (χ3n) is 8.30. The Labute approximate surface area is 291 Å². The summed E-state index contributed by atoms with van der Waals surface area (Å²) in [7, 11) is -4.20. The van der Waals surface area contributed by atoms with E-state index >= 15 is 0 Å². The van der Waals surface area contributed by atoms with E-state index in [1.165, 1.54) is 18.3 Å². The summed E-state index contributed by atoms with van der Waals surface area (Å²) in [5.74, 6) is -2.12. The van der Waals surface area contributed by atoms with Crippen molar-refractivity contribution in [3.8, 4) is 0 Å². The van der Waals surface area contributed by atoms with Gasteiger partial charge in [-0.05, 0) is 66.6 Å². The number of carboxylic acids is 1. The highest BCUT2D eigenvalue weighted by Crippen LogP contribution is 2.28. The van der Waals surface area contributed by atoms with Gasteiger partial charge in [-0.25, -0.2) is 8.42 Å². The van der Waals surface area contributed by atoms with E-state index in [4.69, 9.17) is 21.0 Å². The molecule has 1 aliphatic heterocycles. The first kappa shape index (κ1) is 37.7. The minimum atomic E-state index is -4.20. The fourth-order valence-electron chi connectivity index (χ4n) is 5.68. The van der Waals surface area contributed by atoms with Crippen LogP contribution in [-0.2, 0) is 24.4 Å². The lowest BCUT2D eigenvalue weighted by molar-refractivity contribution is -0.136. The van der Waals surface area contributed by atoms with Crippen LogP contribution in [-0.4, -0.2) is 103 Å². The van der Waals surface area contributed by atoms with Crippen molar-refractivity contribution in [3.05, 3.63) is 72.6 Å². The SMILES string of the molecule is CC(=O)O.N=C(N)N1CCC[C@@H](CNC(=O)C[C@H](NS(=O)(=O)c2ccc3ccccc3c2)C(=O)N(CCNC(=O)c2cccnc2)C2CC2)C1. The summed E-state index contributed by atoms with van der Waals surface area (Å²) in [6.45, 7) is 2.90. The Kier molecular flexibility index (Phi) is 13.2. The Hall–Kier alpha value is -5.09. The first-order valence-electron chi connectivity index (χ1n) is 16.4. The summed E-state index contributed by atoms with van der Waals surface area (Å²) < 4.78 is 29.8. The number of hydrogen-bond acceptors (Lipinski definition) is 8. The number of sulfonamides is 1. The number of fused-ring (bicyclic) bond motifs is 1. The highest BCUT2D eigenvalue weighted by Gasteiger charge is 2.38. The number of carboxylic acid groups (broad SMARTS) is 1. The van der Waals surface area contributed by atoms with Crippen molar-refractivity contribution in [1.29, 1.82) is 5.41 Å². The van der Waals surface area contributed by atoms with E-state index in [2.05, 4.69) is 20.3 Å². The molecule has 7 N–H and O–H groups in total. The number of carbonyl (C=O) groups is 4. The lowest BCUT2D eigenvalue weighted by Gasteiger charge is -2.33. The number of aliphatic carboxylic acids is 1. The third kappa shape index (κ3) is 11.2. The molecule has 15 nitrogen and oxygen atoms in total. The molecule has 2 aromatic carbocycles. The minimum Gasteiger partial charge on any atom is -0.481 e. The number of rotatable bonds is 13. The quantitative estimate of drug-likeness (QED) is 0.111. The molecule has 16 heteroatoms. The Morgan fingerprint density at radius 2 is 1.78 bits per heavy atom. The van der Waals surface area contributed by atoms with E-state index in [0.717, 1.165) is 43.4 Å². The molecule has 1 aromatic heterocycles. The molecule has 1 aliphatic carbocycles. The van der Waals surface area contributed by atoms with Crippen molar-refractivity contribution in [2.24, 2.45) is 11.7 Å². The number of pyridine rings is 1. The number of carbonyl (C=O) groups excluding carboxylic acids is 3. The van der Waals surface area contributed by atoms with Crippen LogP contribution in [0.1, 0.15) is 49.4 Å². The highest BCUT2D eigenvalue weighted by atomic mass is 32.2. The summed E-state index contributed by atoms with van der Waals surface area (Å²) in [5, 5.41) is 22.4. The van der Waals surface area contributed by atoms with Crippen molar-refractivity contribution in [3.63, 3.8) is 0 Å². The van der Waals surface area contributed by atoms with Gasteiger partial charge in [0.2, 0.25) is 21.8 Å². The molecule has 2 fully saturated rings. The first-order chi connectivity index (χ1) is 23.8. The maximum atomic E-state index is 14.0. The fraction of sp³-hybridized carbons (Fsp3) is 0.412. The second-order valence-corrected chi connectivity index (χ2v) is 14.0. The van der Waals surface area contributed by atoms with Gasteiger partial charge in [0.15, 0.2) is 5.96 Å². The van der Waals surface area contributed by atoms with Crippen LogP contribution in [0.3, 0.4) is 0 Å². The number of likely N-dealkylation sites (tertiary alicyclic amines) is 1. The highest BCUT2D eigenvalue weighted by molar-refractivity contribution is 7.89. The minimum absolute atomic E-state index is 0.0124. The number of piperidine rings is 1. The van der Waals surface area contributed by atoms with Gasteiger partial charge in [0, 0.05) is 58.1 Å². The van der Waals surface area contributed by atoms with Gasteiger partial charge in [-0.3, -0.25) is 29.6 Å². The predicted octanol–water partition coefficient (Wildman–Crippen LogP) is 1.51. The predicted molar refractivity (Wildman–Crippen MR) is 187 cm³/mol. The van der Waals surface area contributed by atoms with E-state index in [1.54, 1.807) is 40.3 Å². The fourth-order valence-corrected chi connectivity index (χ4v) is 6.91. The Bertz CT molecular complexity index is 1780. The topological polar surface area (TPSA) is 228 Å². The zero-order valence-electron chi connectivity index (χ0n) is 27.9. The molecule has 0 bridgehead atoms. The normalized spacial score (nSPS) is 16.3. The zero-order chi connectivity index (χ0) is 36.3. The second-order valence-electron chi connectivity index (χ2n) is 12.3. The molecule has 268 valence electrons. The van der Waals surface area contributed by atoms with Crippen LogP contribution in [0.15, 0.2) is 71.9 Å². The van der Waals surface area contributed by atoms with Crippen molar-refractivity contribution in [1.82, 2.24) is 30.1 Å². The average Bonchev–Trinajstić information content (AvgIpc) is 3.94. The van der Waals surface area contributed by atoms with Crippen molar-refractivity contribution in [2.45, 2.75) is 56.0 Å².